The average Bonchev–Trinajstić information content (AvgIpc) is 2.06. The Kier molecular flexibility index (Phi) is 2.10. The fraction of sp³-hybridized carbons (Fsp3) is 0.455. The van der Waals surface area contributed by atoms with E-state index in [2.05, 4.69) is 19.1 Å². The molecule has 2 rings (SSSR count). The molecule has 0 spiro atoms. The Labute approximate surface area is 78.6 Å². The predicted molar refractivity (Wildman–Crippen MR) is 52.6 cm³/mol. The monoisotopic (exact) mass is 180 g/mol. The summed E-state index contributed by atoms with van der Waals surface area (Å²) in [5.41, 5.74) is 1.46. The minimum atomic E-state index is 0.794. The molecular weight excluding hydrogens is 168 g/mol. The number of halogens is 1. The molecule has 0 aromatic heterocycles. The van der Waals surface area contributed by atoms with Gasteiger partial charge in [0.15, 0.2) is 0 Å². The number of hydrogen-bond acceptors (Lipinski definition) is 0. The standard InChI is InChI=1S/C11H13Cl/c1-8-2-7-11(8)9-3-5-10(12)6-4-9/h3-6,8,11H,2,7H2,1H3/t8-,11+/m1/s1. The van der Waals surface area contributed by atoms with Gasteiger partial charge in [0, 0.05) is 5.02 Å². The van der Waals surface area contributed by atoms with Gasteiger partial charge in [0.05, 0.1) is 0 Å². The van der Waals surface area contributed by atoms with Gasteiger partial charge in [-0.25, -0.2) is 0 Å². The fourth-order valence-corrected chi connectivity index (χ4v) is 2.00. The van der Waals surface area contributed by atoms with Gasteiger partial charge in [0.1, 0.15) is 0 Å². The molecule has 0 saturated heterocycles. The molecule has 1 aromatic rings. The van der Waals surface area contributed by atoms with Crippen molar-refractivity contribution < 1.29 is 0 Å². The number of hydrogen-bond donors (Lipinski definition) is 0. The molecule has 0 radical (unpaired) electrons. The summed E-state index contributed by atoms with van der Waals surface area (Å²) in [6.07, 6.45) is 2.73. The molecule has 0 N–H and O–H groups in total. The van der Waals surface area contributed by atoms with Crippen LogP contribution in [-0.4, -0.2) is 0 Å². The molecule has 0 amide bonds. The van der Waals surface area contributed by atoms with Crippen LogP contribution < -0.4 is 0 Å². The van der Waals surface area contributed by atoms with Crippen LogP contribution in [0.2, 0.25) is 5.02 Å². The van der Waals surface area contributed by atoms with E-state index in [1.165, 1.54) is 18.4 Å². The lowest BCUT2D eigenvalue weighted by molar-refractivity contribution is 0.280. The maximum absolute atomic E-state index is 5.81. The van der Waals surface area contributed by atoms with Gasteiger partial charge in [-0.3, -0.25) is 0 Å². The molecule has 64 valence electrons. The predicted octanol–water partition coefficient (Wildman–Crippen LogP) is 3.85. The van der Waals surface area contributed by atoms with Crippen molar-refractivity contribution in [2.45, 2.75) is 25.7 Å². The molecule has 1 aromatic carbocycles. The Balaban J connectivity index is 2.18. The summed E-state index contributed by atoms with van der Waals surface area (Å²) in [4.78, 5) is 0. The van der Waals surface area contributed by atoms with Crippen molar-refractivity contribution in [3.8, 4) is 0 Å². The number of benzene rings is 1. The molecule has 1 aliphatic carbocycles. The van der Waals surface area contributed by atoms with Gasteiger partial charge in [0.2, 0.25) is 0 Å². The average molecular weight is 181 g/mol. The van der Waals surface area contributed by atoms with Gasteiger partial charge in [-0.15, -0.1) is 0 Å². The molecule has 1 fully saturated rings. The smallest absolute Gasteiger partial charge is 0.0406 e. The Morgan fingerprint density at radius 3 is 2.25 bits per heavy atom. The largest absolute Gasteiger partial charge is 0.0843 e. The molecule has 1 saturated carbocycles. The van der Waals surface area contributed by atoms with E-state index in [1.807, 2.05) is 12.1 Å². The van der Waals surface area contributed by atoms with Crippen LogP contribution in [0.3, 0.4) is 0 Å². The zero-order valence-corrected chi connectivity index (χ0v) is 8.01. The minimum absolute atomic E-state index is 0.794. The summed E-state index contributed by atoms with van der Waals surface area (Å²) >= 11 is 5.81. The van der Waals surface area contributed by atoms with Gasteiger partial charge in [-0.1, -0.05) is 30.7 Å². The molecule has 1 aliphatic rings. The molecular formula is C11H13Cl. The highest BCUT2D eigenvalue weighted by Gasteiger charge is 2.27. The summed E-state index contributed by atoms with van der Waals surface area (Å²) in [5.74, 6) is 1.66. The van der Waals surface area contributed by atoms with Crippen molar-refractivity contribution in [3.63, 3.8) is 0 Å². The molecule has 2 atom stereocenters. The second-order valence-electron chi connectivity index (χ2n) is 3.71. The van der Waals surface area contributed by atoms with E-state index in [9.17, 15) is 0 Å². The van der Waals surface area contributed by atoms with Gasteiger partial charge < -0.3 is 0 Å². The minimum Gasteiger partial charge on any atom is -0.0843 e. The number of rotatable bonds is 1. The van der Waals surface area contributed by atoms with E-state index in [0.29, 0.717) is 0 Å². The first-order valence-electron chi connectivity index (χ1n) is 4.53. The van der Waals surface area contributed by atoms with Crippen molar-refractivity contribution >= 4 is 11.6 Å². The fourth-order valence-electron chi connectivity index (χ4n) is 1.87. The van der Waals surface area contributed by atoms with E-state index < -0.39 is 0 Å². The SMILES string of the molecule is C[C@@H]1CC[C@@H]1c1ccc(Cl)cc1. The third-order valence-corrected chi connectivity index (χ3v) is 3.17. The van der Waals surface area contributed by atoms with Crippen LogP contribution in [0.25, 0.3) is 0 Å². The van der Waals surface area contributed by atoms with Crippen LogP contribution in [0.1, 0.15) is 31.2 Å². The molecule has 0 unspecified atom stereocenters. The van der Waals surface area contributed by atoms with Crippen molar-refractivity contribution in [3.05, 3.63) is 34.9 Å². The van der Waals surface area contributed by atoms with Crippen LogP contribution in [0, 0.1) is 5.92 Å². The topological polar surface area (TPSA) is 0 Å². The molecule has 1 heteroatoms. The molecule has 0 aliphatic heterocycles. The van der Waals surface area contributed by atoms with E-state index in [0.717, 1.165) is 16.9 Å². The second-order valence-corrected chi connectivity index (χ2v) is 4.15. The summed E-state index contributed by atoms with van der Waals surface area (Å²) in [5, 5.41) is 0.839. The van der Waals surface area contributed by atoms with E-state index in [1.54, 1.807) is 0 Å². The summed E-state index contributed by atoms with van der Waals surface area (Å²) in [7, 11) is 0. The molecule has 0 heterocycles. The first-order chi connectivity index (χ1) is 5.77. The van der Waals surface area contributed by atoms with Crippen LogP contribution in [-0.2, 0) is 0 Å². The van der Waals surface area contributed by atoms with Crippen LogP contribution >= 0.6 is 11.6 Å². The quantitative estimate of drug-likeness (QED) is 0.616. The highest BCUT2D eigenvalue weighted by atomic mass is 35.5. The normalized spacial score (nSPS) is 28.2. The van der Waals surface area contributed by atoms with Crippen LogP contribution in [0.5, 0.6) is 0 Å². The third-order valence-electron chi connectivity index (χ3n) is 2.92. The Morgan fingerprint density at radius 2 is 1.83 bits per heavy atom. The van der Waals surface area contributed by atoms with Crippen LogP contribution in [0.4, 0.5) is 0 Å². The van der Waals surface area contributed by atoms with Gasteiger partial charge >= 0.3 is 0 Å². The summed E-state index contributed by atoms with van der Waals surface area (Å²) in [6.45, 7) is 2.32. The maximum Gasteiger partial charge on any atom is 0.0406 e. The summed E-state index contributed by atoms with van der Waals surface area (Å²) < 4.78 is 0. The highest BCUT2D eigenvalue weighted by molar-refractivity contribution is 6.30. The zero-order valence-electron chi connectivity index (χ0n) is 7.26. The van der Waals surface area contributed by atoms with Crippen molar-refractivity contribution in [1.82, 2.24) is 0 Å². The molecule has 0 nitrogen and oxygen atoms in total. The van der Waals surface area contributed by atoms with Crippen molar-refractivity contribution in [1.29, 1.82) is 0 Å². The Morgan fingerprint density at radius 1 is 1.17 bits per heavy atom. The van der Waals surface area contributed by atoms with Gasteiger partial charge in [0.25, 0.3) is 0 Å². The third kappa shape index (κ3) is 1.36. The van der Waals surface area contributed by atoms with E-state index >= 15 is 0 Å². The first-order valence-corrected chi connectivity index (χ1v) is 4.90. The Hall–Kier alpha value is -0.490. The van der Waals surface area contributed by atoms with Crippen molar-refractivity contribution in [2.75, 3.05) is 0 Å². The highest BCUT2D eigenvalue weighted by Crippen LogP contribution is 2.41. The van der Waals surface area contributed by atoms with Gasteiger partial charge in [-0.05, 0) is 42.4 Å². The summed E-state index contributed by atoms with van der Waals surface area (Å²) in [6, 6.07) is 8.29. The second kappa shape index (κ2) is 3.10. The lowest BCUT2D eigenvalue weighted by Gasteiger charge is -2.34. The van der Waals surface area contributed by atoms with E-state index in [-0.39, 0.29) is 0 Å². The van der Waals surface area contributed by atoms with E-state index in [4.69, 9.17) is 11.6 Å². The lowest BCUT2D eigenvalue weighted by atomic mass is 9.71. The molecule has 0 bridgehead atoms. The maximum atomic E-state index is 5.81. The zero-order chi connectivity index (χ0) is 8.55. The molecule has 12 heavy (non-hydrogen) atoms. The first kappa shape index (κ1) is 8.12. The van der Waals surface area contributed by atoms with Crippen LogP contribution in [0.15, 0.2) is 24.3 Å². The van der Waals surface area contributed by atoms with Crippen molar-refractivity contribution in [2.24, 2.45) is 5.92 Å². The van der Waals surface area contributed by atoms with Gasteiger partial charge in [-0.2, -0.15) is 0 Å². The lowest BCUT2D eigenvalue weighted by Crippen LogP contribution is -2.20. The Bertz CT molecular complexity index is 263.